The molecule has 5 rings (SSSR count). The molecule has 0 spiro atoms. The van der Waals surface area contributed by atoms with Gasteiger partial charge in [-0.15, -0.1) is 0 Å². The Morgan fingerprint density at radius 1 is 1.00 bits per heavy atom. The first kappa shape index (κ1) is 29.1. The number of piperidine rings is 1. The normalized spacial score (nSPS) is 17.7. The molecule has 0 aromatic heterocycles. The molecule has 1 aliphatic carbocycles. The van der Waals surface area contributed by atoms with Crippen molar-refractivity contribution in [3.8, 4) is 17.2 Å². The maximum atomic E-state index is 13.3. The molecule has 214 valence electrons. The summed E-state index contributed by atoms with van der Waals surface area (Å²) < 4.78 is 39.9. The lowest BCUT2D eigenvalue weighted by Crippen LogP contribution is -2.54. The van der Waals surface area contributed by atoms with Crippen LogP contribution in [-0.2, 0) is 16.5 Å². The van der Waals surface area contributed by atoms with Crippen LogP contribution in [-0.4, -0.2) is 36.5 Å². The fourth-order valence-corrected chi connectivity index (χ4v) is 6.36. The Morgan fingerprint density at radius 2 is 1.71 bits per heavy atom. The van der Waals surface area contributed by atoms with Crippen LogP contribution in [0.15, 0.2) is 66.7 Å². The molecule has 5 nitrogen and oxygen atoms in total. The Balaban J connectivity index is 1.33. The predicted octanol–water partition coefficient (Wildman–Crippen LogP) is 7.36. The quantitative estimate of drug-likeness (QED) is 0.306. The Hall–Kier alpha value is -3.38. The minimum atomic E-state index is -4.62. The molecule has 0 bridgehead atoms. The summed E-state index contributed by atoms with van der Waals surface area (Å²) in [7, 11) is 0. The minimum Gasteiger partial charge on any atom is -0.325 e. The number of benzene rings is 3. The van der Waals surface area contributed by atoms with E-state index in [1.807, 2.05) is 30.3 Å². The van der Waals surface area contributed by atoms with Gasteiger partial charge in [-0.05, 0) is 72.7 Å². The molecule has 1 amide bonds. The second kappa shape index (κ2) is 12.2. The number of amides is 1. The average molecular weight is 581 g/mol. The van der Waals surface area contributed by atoms with Gasteiger partial charge in [0, 0.05) is 30.4 Å². The number of nitriles is 1. The SMILES string of the molecule is N#Cc1cccc(-c2ccc(C3(NCC(=O)Nc4ccc(Cl)c(C(F)(F)F)c4)CCN(C4CCCC4)CC3)cc2)c1. The Bertz CT molecular complexity index is 1420. The van der Waals surface area contributed by atoms with E-state index < -0.39 is 28.2 Å². The molecule has 0 atom stereocenters. The van der Waals surface area contributed by atoms with Crippen molar-refractivity contribution < 1.29 is 18.0 Å². The molecule has 2 N–H and O–H groups in total. The van der Waals surface area contributed by atoms with Gasteiger partial charge in [0.1, 0.15) is 0 Å². The van der Waals surface area contributed by atoms with Gasteiger partial charge in [-0.25, -0.2) is 0 Å². The monoisotopic (exact) mass is 580 g/mol. The lowest BCUT2D eigenvalue weighted by Gasteiger charge is -2.45. The highest BCUT2D eigenvalue weighted by Gasteiger charge is 2.38. The molecule has 41 heavy (non-hydrogen) atoms. The van der Waals surface area contributed by atoms with Crippen molar-refractivity contribution >= 4 is 23.2 Å². The van der Waals surface area contributed by atoms with Crippen LogP contribution >= 0.6 is 11.6 Å². The molecule has 0 unspecified atom stereocenters. The van der Waals surface area contributed by atoms with E-state index >= 15 is 0 Å². The van der Waals surface area contributed by atoms with Crippen molar-refractivity contribution in [2.45, 2.75) is 56.3 Å². The third-order valence-electron chi connectivity index (χ3n) is 8.40. The van der Waals surface area contributed by atoms with Gasteiger partial charge >= 0.3 is 6.18 Å². The molecule has 1 heterocycles. The average Bonchev–Trinajstić information content (AvgIpc) is 3.52. The summed E-state index contributed by atoms with van der Waals surface area (Å²) in [6.45, 7) is 1.74. The minimum absolute atomic E-state index is 0.0441. The molecule has 3 aromatic carbocycles. The smallest absolute Gasteiger partial charge is 0.325 e. The fraction of sp³-hybridized carbons (Fsp3) is 0.375. The molecular weight excluding hydrogens is 549 g/mol. The van der Waals surface area contributed by atoms with Crippen LogP contribution < -0.4 is 10.6 Å². The Morgan fingerprint density at radius 3 is 2.37 bits per heavy atom. The van der Waals surface area contributed by atoms with Gasteiger partial charge in [0.05, 0.1) is 28.8 Å². The molecular formula is C32H32ClF3N4O. The maximum Gasteiger partial charge on any atom is 0.417 e. The summed E-state index contributed by atoms with van der Waals surface area (Å²) in [5.41, 5.74) is 2.19. The van der Waals surface area contributed by atoms with Crippen LogP contribution in [0.25, 0.3) is 11.1 Å². The van der Waals surface area contributed by atoms with E-state index in [1.54, 1.807) is 6.07 Å². The molecule has 0 radical (unpaired) electrons. The van der Waals surface area contributed by atoms with E-state index in [1.165, 1.54) is 31.7 Å². The van der Waals surface area contributed by atoms with E-state index in [9.17, 15) is 23.2 Å². The summed E-state index contributed by atoms with van der Waals surface area (Å²) in [5, 5.41) is 14.9. The van der Waals surface area contributed by atoms with Crippen molar-refractivity contribution in [2.24, 2.45) is 0 Å². The number of carbonyl (C=O) groups excluding carboxylic acids is 1. The summed E-state index contributed by atoms with van der Waals surface area (Å²) in [4.78, 5) is 15.5. The lowest BCUT2D eigenvalue weighted by molar-refractivity contribution is -0.137. The van der Waals surface area contributed by atoms with Gasteiger partial charge in [-0.2, -0.15) is 18.4 Å². The molecule has 2 fully saturated rings. The van der Waals surface area contributed by atoms with Crippen LogP contribution in [0.1, 0.15) is 55.2 Å². The zero-order valence-electron chi connectivity index (χ0n) is 22.6. The number of halogens is 4. The summed E-state index contributed by atoms with van der Waals surface area (Å²) >= 11 is 5.73. The first-order valence-electron chi connectivity index (χ1n) is 13.9. The van der Waals surface area contributed by atoms with Gasteiger partial charge in [-0.1, -0.05) is 60.8 Å². The number of anilines is 1. The van der Waals surface area contributed by atoms with Gasteiger partial charge < -0.3 is 10.2 Å². The number of hydrogen-bond donors (Lipinski definition) is 2. The summed E-state index contributed by atoms with van der Waals surface area (Å²) in [6, 6.07) is 21.8. The molecule has 1 saturated carbocycles. The highest BCUT2D eigenvalue weighted by molar-refractivity contribution is 6.31. The molecule has 3 aromatic rings. The van der Waals surface area contributed by atoms with E-state index in [0.29, 0.717) is 11.6 Å². The van der Waals surface area contributed by atoms with Crippen LogP contribution in [0.2, 0.25) is 5.02 Å². The fourth-order valence-electron chi connectivity index (χ4n) is 6.13. The number of nitrogens with one attached hydrogen (secondary N) is 2. The highest BCUT2D eigenvalue weighted by Crippen LogP contribution is 2.38. The Kier molecular flexibility index (Phi) is 8.69. The number of rotatable bonds is 7. The van der Waals surface area contributed by atoms with Crippen molar-refractivity contribution in [1.29, 1.82) is 5.26 Å². The zero-order chi connectivity index (χ0) is 29.0. The third-order valence-corrected chi connectivity index (χ3v) is 8.73. The van der Waals surface area contributed by atoms with E-state index in [-0.39, 0.29) is 12.2 Å². The summed E-state index contributed by atoms with van der Waals surface area (Å²) in [6.07, 6.45) is 1.97. The van der Waals surface area contributed by atoms with Crippen molar-refractivity contribution in [1.82, 2.24) is 10.2 Å². The second-order valence-electron chi connectivity index (χ2n) is 10.9. The third kappa shape index (κ3) is 6.75. The zero-order valence-corrected chi connectivity index (χ0v) is 23.4. The number of carbonyl (C=O) groups is 1. The lowest BCUT2D eigenvalue weighted by atomic mass is 9.79. The second-order valence-corrected chi connectivity index (χ2v) is 11.3. The maximum absolute atomic E-state index is 13.3. The predicted molar refractivity (Wildman–Crippen MR) is 154 cm³/mol. The van der Waals surface area contributed by atoms with Gasteiger partial charge in [0.2, 0.25) is 5.91 Å². The van der Waals surface area contributed by atoms with Crippen molar-refractivity contribution in [3.05, 3.63) is 88.4 Å². The van der Waals surface area contributed by atoms with Crippen LogP contribution in [0.4, 0.5) is 18.9 Å². The van der Waals surface area contributed by atoms with Gasteiger partial charge in [0.25, 0.3) is 0 Å². The first-order valence-corrected chi connectivity index (χ1v) is 14.3. The van der Waals surface area contributed by atoms with Gasteiger partial charge in [-0.3, -0.25) is 10.1 Å². The van der Waals surface area contributed by atoms with Crippen LogP contribution in [0.5, 0.6) is 0 Å². The van der Waals surface area contributed by atoms with Crippen molar-refractivity contribution in [2.75, 3.05) is 25.0 Å². The van der Waals surface area contributed by atoms with Gasteiger partial charge in [0.15, 0.2) is 0 Å². The van der Waals surface area contributed by atoms with Crippen LogP contribution in [0, 0.1) is 11.3 Å². The highest BCUT2D eigenvalue weighted by atomic mass is 35.5. The standard InChI is InChI=1S/C32H32ClF3N4O/c33-29-13-12-26(19-28(29)32(34,35)36)39-30(41)21-38-31(14-16-40(17-15-31)27-6-1-2-7-27)25-10-8-23(9-11-25)24-5-3-4-22(18-24)20-37/h3-5,8-13,18-19,27,38H,1-2,6-7,14-17,21H2,(H,39,41). The van der Waals surface area contributed by atoms with E-state index in [2.05, 4.69) is 33.7 Å². The molecule has 1 aliphatic heterocycles. The topological polar surface area (TPSA) is 68.2 Å². The largest absolute Gasteiger partial charge is 0.417 e. The van der Waals surface area contributed by atoms with Crippen molar-refractivity contribution in [3.63, 3.8) is 0 Å². The number of alkyl halides is 3. The number of likely N-dealkylation sites (tertiary alicyclic amines) is 1. The van der Waals surface area contributed by atoms with E-state index in [4.69, 9.17) is 11.6 Å². The molecule has 2 aliphatic rings. The van der Waals surface area contributed by atoms with E-state index in [0.717, 1.165) is 54.8 Å². The number of hydrogen-bond acceptors (Lipinski definition) is 4. The van der Waals surface area contributed by atoms with Crippen LogP contribution in [0.3, 0.4) is 0 Å². The number of nitrogens with zero attached hydrogens (tertiary/aromatic N) is 2. The summed E-state index contributed by atoms with van der Waals surface area (Å²) in [5.74, 6) is -0.428. The Labute approximate surface area is 243 Å². The molecule has 1 saturated heterocycles. The molecule has 9 heteroatoms. The first-order chi connectivity index (χ1) is 19.7.